The number of esters is 1. The van der Waals surface area contributed by atoms with E-state index in [1.165, 1.54) is 0 Å². The fourth-order valence-electron chi connectivity index (χ4n) is 1.82. The lowest BCUT2D eigenvalue weighted by molar-refractivity contribution is -0.142. The predicted octanol–water partition coefficient (Wildman–Crippen LogP) is 3.33. The van der Waals surface area contributed by atoms with Gasteiger partial charge in [0.2, 0.25) is 0 Å². The van der Waals surface area contributed by atoms with E-state index in [0.29, 0.717) is 5.57 Å². The zero-order chi connectivity index (χ0) is 12.1. The highest BCUT2D eigenvalue weighted by atomic mass is 16.5. The summed E-state index contributed by atoms with van der Waals surface area (Å²) in [4.78, 5) is 11.5. The quantitative estimate of drug-likeness (QED) is 0.534. The second kappa shape index (κ2) is 5.50. The van der Waals surface area contributed by atoms with Crippen molar-refractivity contribution in [3.05, 3.63) is 48.6 Å². The molecule has 0 aromatic rings. The molecule has 2 nitrogen and oxygen atoms in total. The summed E-state index contributed by atoms with van der Waals surface area (Å²) in [5, 5.41) is 0. The molecule has 16 heavy (non-hydrogen) atoms. The highest BCUT2D eigenvalue weighted by Crippen LogP contribution is 2.29. The van der Waals surface area contributed by atoms with Crippen LogP contribution in [0.25, 0.3) is 0 Å². The maximum absolute atomic E-state index is 11.5. The van der Waals surface area contributed by atoms with E-state index in [2.05, 4.69) is 19.7 Å². The van der Waals surface area contributed by atoms with E-state index < -0.39 is 0 Å². The van der Waals surface area contributed by atoms with Crippen LogP contribution in [-0.2, 0) is 9.53 Å². The monoisotopic (exact) mass is 218 g/mol. The third-order valence-electron chi connectivity index (χ3n) is 2.69. The van der Waals surface area contributed by atoms with E-state index in [0.717, 1.165) is 30.4 Å². The molecule has 0 aromatic heterocycles. The van der Waals surface area contributed by atoms with Crippen LogP contribution in [0.2, 0.25) is 0 Å². The van der Waals surface area contributed by atoms with Crippen molar-refractivity contribution in [3.8, 4) is 0 Å². The van der Waals surface area contributed by atoms with Crippen LogP contribution < -0.4 is 0 Å². The molecule has 0 saturated heterocycles. The third-order valence-corrected chi connectivity index (χ3v) is 2.69. The summed E-state index contributed by atoms with van der Waals surface area (Å²) >= 11 is 0. The van der Waals surface area contributed by atoms with E-state index in [1.807, 2.05) is 6.08 Å². The zero-order valence-corrected chi connectivity index (χ0v) is 9.79. The van der Waals surface area contributed by atoms with Crippen molar-refractivity contribution in [1.82, 2.24) is 0 Å². The number of carbonyl (C=O) groups is 1. The lowest BCUT2D eigenvalue weighted by atomic mass is 9.89. The van der Waals surface area contributed by atoms with Gasteiger partial charge in [0.1, 0.15) is 6.10 Å². The summed E-state index contributed by atoms with van der Waals surface area (Å²) < 4.78 is 5.37. The van der Waals surface area contributed by atoms with Crippen molar-refractivity contribution in [1.29, 1.82) is 0 Å². The summed E-state index contributed by atoms with van der Waals surface area (Å²) in [5.41, 5.74) is 2.53. The molecule has 86 valence electrons. The molecule has 0 aromatic carbocycles. The number of rotatable bonds is 4. The minimum absolute atomic E-state index is 0.191. The Labute approximate surface area is 97.0 Å². The number of ether oxygens (including phenoxy) is 1. The Hall–Kier alpha value is -1.57. The van der Waals surface area contributed by atoms with Gasteiger partial charge in [-0.25, -0.2) is 4.79 Å². The van der Waals surface area contributed by atoms with Crippen LogP contribution in [0.1, 0.15) is 26.2 Å². The van der Waals surface area contributed by atoms with Gasteiger partial charge in [-0.15, -0.1) is 0 Å². The Morgan fingerprint density at radius 2 is 2.12 bits per heavy atom. The van der Waals surface area contributed by atoms with Gasteiger partial charge in [0.05, 0.1) is 0 Å². The van der Waals surface area contributed by atoms with Crippen molar-refractivity contribution in [2.75, 3.05) is 0 Å². The van der Waals surface area contributed by atoms with Crippen molar-refractivity contribution in [3.63, 3.8) is 0 Å². The fraction of sp³-hybridized carbons (Fsp3) is 0.357. The summed E-state index contributed by atoms with van der Waals surface area (Å²) in [5.74, 6) is -0.338. The van der Waals surface area contributed by atoms with E-state index in [4.69, 9.17) is 4.74 Å². The minimum Gasteiger partial charge on any atom is -0.454 e. The second-order valence-corrected chi connectivity index (χ2v) is 3.96. The summed E-state index contributed by atoms with van der Waals surface area (Å²) in [6.45, 7) is 12.8. The molecule has 0 aliphatic heterocycles. The molecule has 0 radical (unpaired) electrons. The van der Waals surface area contributed by atoms with E-state index >= 15 is 0 Å². The predicted molar refractivity (Wildman–Crippen MR) is 66.0 cm³/mol. The molecule has 0 fully saturated rings. The van der Waals surface area contributed by atoms with Crippen LogP contribution in [0.3, 0.4) is 0 Å². The third kappa shape index (κ3) is 2.72. The highest BCUT2D eigenvalue weighted by Gasteiger charge is 2.23. The summed E-state index contributed by atoms with van der Waals surface area (Å²) in [6, 6.07) is 0. The number of carbonyl (C=O) groups excluding carboxylic acids is 1. The maximum Gasteiger partial charge on any atom is 0.333 e. The highest BCUT2D eigenvalue weighted by molar-refractivity contribution is 5.87. The zero-order valence-electron chi connectivity index (χ0n) is 9.79. The Morgan fingerprint density at radius 1 is 1.44 bits per heavy atom. The van der Waals surface area contributed by atoms with Crippen molar-refractivity contribution < 1.29 is 9.53 Å². The lowest BCUT2D eigenvalue weighted by Crippen LogP contribution is -2.23. The molecule has 1 unspecified atom stereocenters. The topological polar surface area (TPSA) is 26.3 Å². The minimum atomic E-state index is -0.338. The molecule has 0 amide bonds. The van der Waals surface area contributed by atoms with E-state index in [1.54, 1.807) is 13.0 Å². The first-order chi connectivity index (χ1) is 7.60. The molecule has 0 spiro atoms. The molecular weight excluding hydrogens is 200 g/mol. The summed E-state index contributed by atoms with van der Waals surface area (Å²) in [7, 11) is 0. The number of hydrogen-bond donors (Lipinski definition) is 0. The smallest absolute Gasteiger partial charge is 0.333 e. The maximum atomic E-state index is 11.5. The van der Waals surface area contributed by atoms with Gasteiger partial charge in [-0.1, -0.05) is 31.9 Å². The van der Waals surface area contributed by atoms with Gasteiger partial charge in [-0.2, -0.15) is 0 Å². The normalized spacial score (nSPS) is 20.2. The Morgan fingerprint density at radius 3 is 2.62 bits per heavy atom. The van der Waals surface area contributed by atoms with Crippen LogP contribution in [0.15, 0.2) is 48.6 Å². The molecule has 1 aliphatic carbocycles. The molecule has 1 atom stereocenters. The molecule has 1 aliphatic rings. The largest absolute Gasteiger partial charge is 0.454 e. The number of hydrogen-bond acceptors (Lipinski definition) is 2. The molecule has 0 saturated carbocycles. The van der Waals surface area contributed by atoms with Crippen molar-refractivity contribution in [2.45, 2.75) is 32.3 Å². The van der Waals surface area contributed by atoms with Gasteiger partial charge in [-0.3, -0.25) is 0 Å². The number of allylic oxidation sites excluding steroid dienone is 2. The van der Waals surface area contributed by atoms with Crippen LogP contribution in [0, 0.1) is 0 Å². The fourth-order valence-corrected chi connectivity index (χ4v) is 1.82. The first-order valence-corrected chi connectivity index (χ1v) is 5.44. The lowest BCUT2D eigenvalue weighted by Gasteiger charge is -2.25. The van der Waals surface area contributed by atoms with Gasteiger partial charge < -0.3 is 4.74 Å². The van der Waals surface area contributed by atoms with Crippen molar-refractivity contribution >= 4 is 5.97 Å². The van der Waals surface area contributed by atoms with Gasteiger partial charge in [0, 0.05) is 5.57 Å². The summed E-state index contributed by atoms with van der Waals surface area (Å²) in [6.07, 6.45) is 6.21. The second-order valence-electron chi connectivity index (χ2n) is 3.96. The molecular formula is C14H18O2. The van der Waals surface area contributed by atoms with Gasteiger partial charge >= 0.3 is 5.97 Å². The van der Waals surface area contributed by atoms with Crippen LogP contribution in [0.5, 0.6) is 0 Å². The molecule has 0 N–H and O–H groups in total. The first-order valence-electron chi connectivity index (χ1n) is 5.44. The standard InChI is InChI=1S/C14H18O2/c1-5-11-8-7-9-13(12(11)6-2)16-14(15)10(3)4/h5-6,13H,1-3,7-9H2,4H3. The molecule has 1 rings (SSSR count). The van der Waals surface area contributed by atoms with Gasteiger partial charge in [0.15, 0.2) is 0 Å². The Kier molecular flexibility index (Phi) is 4.29. The Balaban J connectivity index is 2.87. The van der Waals surface area contributed by atoms with Gasteiger partial charge in [0.25, 0.3) is 0 Å². The molecule has 0 bridgehead atoms. The average Bonchev–Trinajstić information content (AvgIpc) is 2.28. The van der Waals surface area contributed by atoms with Crippen LogP contribution in [0.4, 0.5) is 0 Å². The SMILES string of the molecule is C=CC1=C(C=C)C(OC(=O)C(=C)C)CCC1. The molecule has 2 heteroatoms. The van der Waals surface area contributed by atoms with Gasteiger partial charge in [-0.05, 0) is 37.3 Å². The average molecular weight is 218 g/mol. The van der Waals surface area contributed by atoms with Crippen LogP contribution in [-0.4, -0.2) is 12.1 Å². The van der Waals surface area contributed by atoms with Crippen molar-refractivity contribution in [2.24, 2.45) is 0 Å². The van der Waals surface area contributed by atoms with E-state index in [-0.39, 0.29) is 12.1 Å². The van der Waals surface area contributed by atoms with E-state index in [9.17, 15) is 4.79 Å². The molecule has 0 heterocycles. The first kappa shape index (κ1) is 12.5. The van der Waals surface area contributed by atoms with Crippen LogP contribution >= 0.6 is 0 Å². The Bertz CT molecular complexity index is 361.